The maximum absolute atomic E-state index is 12.6. The number of rotatable bonds is 8. The number of methoxy groups -OCH3 is 2. The highest BCUT2D eigenvalue weighted by Gasteiger charge is 2.35. The minimum Gasteiger partial charge on any atom is -0.497 e. The van der Waals surface area contributed by atoms with Crippen LogP contribution in [0.2, 0.25) is 5.02 Å². The van der Waals surface area contributed by atoms with Gasteiger partial charge in [0.25, 0.3) is 5.22 Å². The Kier molecular flexibility index (Phi) is 7.05. The molecule has 3 aromatic rings. The van der Waals surface area contributed by atoms with Crippen molar-refractivity contribution < 1.29 is 23.5 Å². The van der Waals surface area contributed by atoms with Crippen LogP contribution >= 0.6 is 23.4 Å². The first-order valence-electron chi connectivity index (χ1n) is 10.0. The van der Waals surface area contributed by atoms with Gasteiger partial charge in [0.1, 0.15) is 11.5 Å². The molecular formula is C22H21ClN4O5S. The van der Waals surface area contributed by atoms with Gasteiger partial charge in [0.05, 0.1) is 30.9 Å². The van der Waals surface area contributed by atoms with E-state index in [1.165, 1.54) is 7.11 Å². The quantitative estimate of drug-likeness (QED) is 0.474. The Morgan fingerprint density at radius 2 is 2.00 bits per heavy atom. The summed E-state index contributed by atoms with van der Waals surface area (Å²) in [4.78, 5) is 26.4. The molecule has 11 heteroatoms. The molecule has 2 aromatic carbocycles. The first-order chi connectivity index (χ1) is 16.0. The number of anilines is 2. The molecule has 0 bridgehead atoms. The van der Waals surface area contributed by atoms with Gasteiger partial charge in [-0.05, 0) is 42.5 Å². The number of nitrogens with zero attached hydrogens (tertiary/aromatic N) is 3. The van der Waals surface area contributed by atoms with Crippen molar-refractivity contribution >= 4 is 46.6 Å². The highest BCUT2D eigenvalue weighted by Crippen LogP contribution is 2.35. The van der Waals surface area contributed by atoms with E-state index >= 15 is 0 Å². The van der Waals surface area contributed by atoms with Crippen LogP contribution in [0.15, 0.2) is 52.1 Å². The van der Waals surface area contributed by atoms with Crippen LogP contribution in [0, 0.1) is 0 Å². The molecule has 1 aliphatic heterocycles. The molecule has 0 saturated carbocycles. The predicted molar refractivity (Wildman–Crippen MR) is 124 cm³/mol. The van der Waals surface area contributed by atoms with Crippen molar-refractivity contribution in [1.29, 1.82) is 0 Å². The standard InChI is InChI=1S/C22H21ClN4O5S/c1-30-16-6-3-14(4-7-16)24-19(28)12-33-22-26-25-21(32-22)13-9-20(29)27(11-13)15-5-8-18(31-2)17(23)10-15/h3-8,10,13H,9,11-12H2,1-2H3,(H,24,28)/t13-/m0/s1. The van der Waals surface area contributed by atoms with Crippen LogP contribution in [0.4, 0.5) is 11.4 Å². The first kappa shape index (κ1) is 22.9. The number of carbonyl (C=O) groups excluding carboxylic acids is 2. The SMILES string of the molecule is COc1ccc(NC(=O)CSc2nnc([C@H]3CC(=O)N(c4ccc(OC)c(Cl)c4)C3)o2)cc1. The second-order valence-electron chi connectivity index (χ2n) is 7.20. The maximum Gasteiger partial charge on any atom is 0.277 e. The predicted octanol–water partition coefficient (Wildman–Crippen LogP) is 3.99. The summed E-state index contributed by atoms with van der Waals surface area (Å²) in [5.74, 6) is 1.21. The van der Waals surface area contributed by atoms with Gasteiger partial charge in [-0.15, -0.1) is 10.2 Å². The van der Waals surface area contributed by atoms with Crippen molar-refractivity contribution in [1.82, 2.24) is 10.2 Å². The zero-order chi connectivity index (χ0) is 23.4. The molecule has 0 aliphatic carbocycles. The van der Waals surface area contributed by atoms with Gasteiger partial charge in [-0.1, -0.05) is 23.4 Å². The molecular weight excluding hydrogens is 468 g/mol. The molecule has 9 nitrogen and oxygen atoms in total. The summed E-state index contributed by atoms with van der Waals surface area (Å²) < 4.78 is 16.0. The lowest BCUT2D eigenvalue weighted by Crippen LogP contribution is -2.24. The average Bonchev–Trinajstić information content (AvgIpc) is 3.45. The highest BCUT2D eigenvalue weighted by atomic mass is 35.5. The van der Waals surface area contributed by atoms with E-state index in [0.29, 0.717) is 40.3 Å². The van der Waals surface area contributed by atoms with Crippen LogP contribution < -0.4 is 19.7 Å². The van der Waals surface area contributed by atoms with E-state index in [0.717, 1.165) is 11.8 Å². The van der Waals surface area contributed by atoms with Gasteiger partial charge in [-0.25, -0.2) is 0 Å². The highest BCUT2D eigenvalue weighted by molar-refractivity contribution is 7.99. The van der Waals surface area contributed by atoms with Crippen molar-refractivity contribution in [3.05, 3.63) is 53.4 Å². The summed E-state index contributed by atoms with van der Waals surface area (Å²) in [7, 11) is 3.11. The largest absolute Gasteiger partial charge is 0.497 e. The molecule has 4 rings (SSSR count). The first-order valence-corrected chi connectivity index (χ1v) is 11.4. The Morgan fingerprint density at radius 3 is 2.70 bits per heavy atom. The van der Waals surface area contributed by atoms with Gasteiger partial charge in [-0.2, -0.15) is 0 Å². The lowest BCUT2D eigenvalue weighted by Gasteiger charge is -2.17. The maximum atomic E-state index is 12.6. The summed E-state index contributed by atoms with van der Waals surface area (Å²) in [6, 6.07) is 12.2. The number of amides is 2. The topological polar surface area (TPSA) is 107 Å². The van der Waals surface area contributed by atoms with Crippen LogP contribution in [0.3, 0.4) is 0 Å². The molecule has 1 atom stereocenters. The van der Waals surface area contributed by atoms with E-state index in [1.54, 1.807) is 54.5 Å². The number of carbonyl (C=O) groups is 2. The third-order valence-corrected chi connectivity index (χ3v) is 6.16. The summed E-state index contributed by atoms with van der Waals surface area (Å²) in [6.07, 6.45) is 0.244. The van der Waals surface area contributed by atoms with E-state index in [4.69, 9.17) is 25.5 Å². The Hall–Kier alpha value is -3.24. The fourth-order valence-corrected chi connectivity index (χ4v) is 4.21. The number of ether oxygens (including phenoxy) is 2. The normalized spacial score (nSPS) is 15.5. The molecule has 2 heterocycles. The molecule has 1 saturated heterocycles. The van der Waals surface area contributed by atoms with Crippen molar-refractivity contribution in [2.45, 2.75) is 17.6 Å². The molecule has 1 N–H and O–H groups in total. The molecule has 0 radical (unpaired) electrons. The van der Waals surface area contributed by atoms with E-state index in [-0.39, 0.29) is 35.1 Å². The van der Waals surface area contributed by atoms with Crippen molar-refractivity contribution in [2.24, 2.45) is 0 Å². The molecule has 1 aromatic heterocycles. The van der Waals surface area contributed by atoms with Crippen molar-refractivity contribution in [2.75, 3.05) is 36.7 Å². The van der Waals surface area contributed by atoms with E-state index in [1.807, 2.05) is 0 Å². The fraction of sp³-hybridized carbons (Fsp3) is 0.273. The van der Waals surface area contributed by atoms with Crippen molar-refractivity contribution in [3.63, 3.8) is 0 Å². The summed E-state index contributed by atoms with van der Waals surface area (Å²) in [5.41, 5.74) is 1.34. The fourth-order valence-electron chi connectivity index (χ4n) is 3.39. The van der Waals surface area contributed by atoms with Gasteiger partial charge < -0.3 is 24.1 Å². The third kappa shape index (κ3) is 5.40. The molecule has 1 aliphatic rings. The van der Waals surface area contributed by atoms with Gasteiger partial charge in [0.15, 0.2) is 0 Å². The average molecular weight is 489 g/mol. The number of halogens is 1. The summed E-state index contributed by atoms with van der Waals surface area (Å²) in [5, 5.41) is 11.6. The number of aromatic nitrogens is 2. The van der Waals surface area contributed by atoms with Gasteiger partial charge >= 0.3 is 0 Å². The minimum absolute atomic E-state index is 0.0625. The molecule has 1 fully saturated rings. The Balaban J connectivity index is 1.33. The van der Waals surface area contributed by atoms with Crippen LogP contribution in [-0.4, -0.2) is 48.5 Å². The third-order valence-electron chi connectivity index (χ3n) is 5.04. The zero-order valence-corrected chi connectivity index (χ0v) is 19.5. The molecule has 0 spiro atoms. The van der Waals surface area contributed by atoms with Gasteiger partial charge in [-0.3, -0.25) is 9.59 Å². The van der Waals surface area contributed by atoms with Crippen LogP contribution in [0.5, 0.6) is 11.5 Å². The summed E-state index contributed by atoms with van der Waals surface area (Å²) in [6.45, 7) is 0.395. The second kappa shape index (κ2) is 10.1. The number of hydrogen-bond acceptors (Lipinski definition) is 8. The number of nitrogens with one attached hydrogen (secondary N) is 1. The minimum atomic E-state index is -0.242. The zero-order valence-electron chi connectivity index (χ0n) is 17.9. The van der Waals surface area contributed by atoms with Crippen LogP contribution in [0.25, 0.3) is 0 Å². The smallest absolute Gasteiger partial charge is 0.277 e. The Bertz CT molecular complexity index is 1150. The number of benzene rings is 2. The van der Waals surface area contributed by atoms with E-state index in [2.05, 4.69) is 15.5 Å². The van der Waals surface area contributed by atoms with Crippen molar-refractivity contribution in [3.8, 4) is 11.5 Å². The Morgan fingerprint density at radius 1 is 1.21 bits per heavy atom. The number of thioether (sulfide) groups is 1. The van der Waals surface area contributed by atoms with Gasteiger partial charge in [0.2, 0.25) is 17.7 Å². The molecule has 0 unspecified atom stereocenters. The lowest BCUT2D eigenvalue weighted by atomic mass is 10.1. The van der Waals surface area contributed by atoms with Crippen LogP contribution in [0.1, 0.15) is 18.2 Å². The second-order valence-corrected chi connectivity index (χ2v) is 8.53. The molecule has 172 valence electrons. The van der Waals surface area contributed by atoms with E-state index < -0.39 is 0 Å². The monoisotopic (exact) mass is 488 g/mol. The van der Waals surface area contributed by atoms with Gasteiger partial charge in [0, 0.05) is 24.3 Å². The number of hydrogen-bond donors (Lipinski definition) is 1. The Labute approximate surface area is 199 Å². The molecule has 2 amide bonds. The van der Waals surface area contributed by atoms with Crippen LogP contribution in [-0.2, 0) is 9.59 Å². The summed E-state index contributed by atoms with van der Waals surface area (Å²) >= 11 is 7.32. The lowest BCUT2D eigenvalue weighted by molar-refractivity contribution is -0.117. The molecule has 33 heavy (non-hydrogen) atoms. The van der Waals surface area contributed by atoms with E-state index in [9.17, 15) is 9.59 Å².